The van der Waals surface area contributed by atoms with Crippen molar-refractivity contribution in [2.24, 2.45) is 0 Å². The zero-order valence-electron chi connectivity index (χ0n) is 12.6. The van der Waals surface area contributed by atoms with Gasteiger partial charge in [-0.3, -0.25) is 0 Å². The van der Waals surface area contributed by atoms with Crippen molar-refractivity contribution < 1.29 is 19.0 Å². The highest BCUT2D eigenvalue weighted by molar-refractivity contribution is 5.74. The van der Waals surface area contributed by atoms with E-state index in [2.05, 4.69) is 5.32 Å². The van der Waals surface area contributed by atoms with Gasteiger partial charge >= 0.3 is 6.03 Å². The van der Waals surface area contributed by atoms with Crippen LogP contribution in [0.2, 0.25) is 0 Å². The second-order valence-corrected chi connectivity index (χ2v) is 5.47. The first-order valence-corrected chi connectivity index (χ1v) is 7.71. The summed E-state index contributed by atoms with van der Waals surface area (Å²) < 4.78 is 16.6. The SMILES string of the molecule is O=C(NCC1COCCO1)N1CCOC(c2ccccc2)C1. The largest absolute Gasteiger partial charge is 0.376 e. The average molecular weight is 306 g/mol. The van der Waals surface area contributed by atoms with Crippen LogP contribution in [0.25, 0.3) is 0 Å². The highest BCUT2D eigenvalue weighted by atomic mass is 16.6. The molecule has 2 unspecified atom stereocenters. The maximum Gasteiger partial charge on any atom is 0.317 e. The van der Waals surface area contributed by atoms with Crippen molar-refractivity contribution in [2.75, 3.05) is 46.1 Å². The number of morpholine rings is 1. The fourth-order valence-corrected chi connectivity index (χ4v) is 2.67. The van der Waals surface area contributed by atoms with Crippen LogP contribution in [0.3, 0.4) is 0 Å². The fourth-order valence-electron chi connectivity index (χ4n) is 2.67. The highest BCUT2D eigenvalue weighted by Gasteiger charge is 2.26. The van der Waals surface area contributed by atoms with E-state index in [1.54, 1.807) is 4.90 Å². The van der Waals surface area contributed by atoms with Crippen LogP contribution in [0.1, 0.15) is 11.7 Å². The maximum absolute atomic E-state index is 12.3. The monoisotopic (exact) mass is 306 g/mol. The van der Waals surface area contributed by atoms with E-state index >= 15 is 0 Å². The summed E-state index contributed by atoms with van der Waals surface area (Å²) in [6.45, 7) is 3.97. The molecule has 1 aromatic rings. The summed E-state index contributed by atoms with van der Waals surface area (Å²) in [6.07, 6.45) is -0.112. The number of carbonyl (C=O) groups is 1. The van der Waals surface area contributed by atoms with Crippen molar-refractivity contribution in [3.63, 3.8) is 0 Å². The Balaban J connectivity index is 1.49. The number of benzene rings is 1. The van der Waals surface area contributed by atoms with Crippen molar-refractivity contribution in [1.29, 1.82) is 0 Å². The molecule has 2 fully saturated rings. The number of hydrogen-bond donors (Lipinski definition) is 1. The van der Waals surface area contributed by atoms with E-state index in [1.165, 1.54) is 0 Å². The Morgan fingerprint density at radius 1 is 1.18 bits per heavy atom. The third-order valence-corrected chi connectivity index (χ3v) is 3.89. The van der Waals surface area contributed by atoms with Crippen LogP contribution in [0.5, 0.6) is 0 Å². The molecule has 1 aromatic carbocycles. The maximum atomic E-state index is 12.3. The molecule has 120 valence electrons. The Labute approximate surface area is 130 Å². The summed E-state index contributed by atoms with van der Waals surface area (Å²) in [4.78, 5) is 14.1. The predicted octanol–water partition coefficient (Wildman–Crippen LogP) is 1.18. The lowest BCUT2D eigenvalue weighted by Gasteiger charge is -2.33. The number of nitrogens with one attached hydrogen (secondary N) is 1. The Morgan fingerprint density at radius 2 is 2.05 bits per heavy atom. The van der Waals surface area contributed by atoms with Gasteiger partial charge < -0.3 is 24.4 Å². The van der Waals surface area contributed by atoms with Crippen LogP contribution >= 0.6 is 0 Å². The number of nitrogens with zero attached hydrogens (tertiary/aromatic N) is 1. The molecule has 6 nitrogen and oxygen atoms in total. The number of ether oxygens (including phenoxy) is 3. The van der Waals surface area contributed by atoms with Crippen LogP contribution < -0.4 is 5.32 Å². The van der Waals surface area contributed by atoms with E-state index in [-0.39, 0.29) is 18.2 Å². The molecule has 2 saturated heterocycles. The predicted molar refractivity (Wildman–Crippen MR) is 80.7 cm³/mol. The molecule has 2 heterocycles. The van der Waals surface area contributed by atoms with Crippen LogP contribution in [0.15, 0.2) is 30.3 Å². The quantitative estimate of drug-likeness (QED) is 0.911. The third-order valence-electron chi connectivity index (χ3n) is 3.89. The first kappa shape index (κ1) is 15.3. The summed E-state index contributed by atoms with van der Waals surface area (Å²) in [6, 6.07) is 9.93. The van der Waals surface area contributed by atoms with Gasteiger partial charge in [-0.15, -0.1) is 0 Å². The van der Waals surface area contributed by atoms with E-state index in [1.807, 2.05) is 30.3 Å². The molecule has 2 aliphatic rings. The molecule has 22 heavy (non-hydrogen) atoms. The van der Waals surface area contributed by atoms with E-state index in [0.29, 0.717) is 46.1 Å². The minimum absolute atomic E-state index is 0.0522. The molecule has 2 atom stereocenters. The molecule has 2 amide bonds. The molecular weight excluding hydrogens is 284 g/mol. The first-order valence-electron chi connectivity index (χ1n) is 7.71. The van der Waals surface area contributed by atoms with Crippen molar-refractivity contribution in [3.05, 3.63) is 35.9 Å². The fraction of sp³-hybridized carbons (Fsp3) is 0.562. The van der Waals surface area contributed by atoms with Gasteiger partial charge in [0.05, 0.1) is 39.1 Å². The van der Waals surface area contributed by atoms with Crippen LogP contribution in [-0.2, 0) is 14.2 Å². The standard InChI is InChI=1S/C16H22N2O4/c19-16(17-10-14-12-20-8-9-21-14)18-6-7-22-15(11-18)13-4-2-1-3-5-13/h1-5,14-15H,6-12H2,(H,17,19). The lowest BCUT2D eigenvalue weighted by molar-refractivity contribution is -0.0859. The van der Waals surface area contributed by atoms with Gasteiger partial charge in [0.25, 0.3) is 0 Å². The summed E-state index contributed by atoms with van der Waals surface area (Å²) >= 11 is 0. The number of urea groups is 1. The summed E-state index contributed by atoms with van der Waals surface area (Å²) in [5.41, 5.74) is 1.10. The topological polar surface area (TPSA) is 60.0 Å². The van der Waals surface area contributed by atoms with Gasteiger partial charge in [0.1, 0.15) is 6.10 Å². The second-order valence-electron chi connectivity index (χ2n) is 5.47. The van der Waals surface area contributed by atoms with Gasteiger partial charge in [0.15, 0.2) is 0 Å². The smallest absolute Gasteiger partial charge is 0.317 e. The van der Waals surface area contributed by atoms with E-state index < -0.39 is 0 Å². The molecule has 2 aliphatic heterocycles. The zero-order valence-corrected chi connectivity index (χ0v) is 12.6. The highest BCUT2D eigenvalue weighted by Crippen LogP contribution is 2.21. The number of rotatable bonds is 3. The molecule has 0 radical (unpaired) electrons. The molecule has 1 N–H and O–H groups in total. The zero-order chi connectivity index (χ0) is 15.2. The molecule has 0 bridgehead atoms. The Bertz CT molecular complexity index is 476. The van der Waals surface area contributed by atoms with Gasteiger partial charge in [-0.05, 0) is 5.56 Å². The number of amides is 2. The summed E-state index contributed by atoms with van der Waals surface area (Å²) in [5.74, 6) is 0. The second kappa shape index (κ2) is 7.58. The van der Waals surface area contributed by atoms with Gasteiger partial charge in [0.2, 0.25) is 0 Å². The first-order chi connectivity index (χ1) is 10.8. The average Bonchev–Trinajstić information content (AvgIpc) is 2.61. The molecule has 0 saturated carbocycles. The molecule has 6 heteroatoms. The van der Waals surface area contributed by atoms with Crippen LogP contribution in [0, 0.1) is 0 Å². The Morgan fingerprint density at radius 3 is 2.82 bits per heavy atom. The Kier molecular flexibility index (Phi) is 5.26. The van der Waals surface area contributed by atoms with Gasteiger partial charge in [-0.2, -0.15) is 0 Å². The van der Waals surface area contributed by atoms with Gasteiger partial charge in [-0.1, -0.05) is 30.3 Å². The normalized spacial score (nSPS) is 25.7. The lowest BCUT2D eigenvalue weighted by Crippen LogP contribution is -2.49. The van der Waals surface area contributed by atoms with Crippen molar-refractivity contribution in [2.45, 2.75) is 12.2 Å². The van der Waals surface area contributed by atoms with Crippen LogP contribution in [0.4, 0.5) is 4.79 Å². The molecule has 3 rings (SSSR count). The molecule has 0 aliphatic carbocycles. The minimum Gasteiger partial charge on any atom is -0.376 e. The van der Waals surface area contributed by atoms with Crippen molar-refractivity contribution in [1.82, 2.24) is 10.2 Å². The minimum atomic E-state index is -0.0709. The van der Waals surface area contributed by atoms with E-state index in [9.17, 15) is 4.79 Å². The number of hydrogen-bond acceptors (Lipinski definition) is 4. The van der Waals surface area contributed by atoms with Gasteiger partial charge in [0, 0.05) is 13.1 Å². The third kappa shape index (κ3) is 3.97. The van der Waals surface area contributed by atoms with Crippen molar-refractivity contribution in [3.8, 4) is 0 Å². The summed E-state index contributed by atoms with van der Waals surface area (Å²) in [7, 11) is 0. The lowest BCUT2D eigenvalue weighted by atomic mass is 10.1. The van der Waals surface area contributed by atoms with Gasteiger partial charge in [-0.25, -0.2) is 4.79 Å². The van der Waals surface area contributed by atoms with E-state index in [4.69, 9.17) is 14.2 Å². The molecular formula is C16H22N2O4. The number of carbonyl (C=O) groups excluding carboxylic acids is 1. The van der Waals surface area contributed by atoms with Crippen molar-refractivity contribution >= 4 is 6.03 Å². The molecule has 0 aromatic heterocycles. The summed E-state index contributed by atoms with van der Waals surface area (Å²) in [5, 5.41) is 2.92. The Hall–Kier alpha value is -1.63. The molecule has 0 spiro atoms. The van der Waals surface area contributed by atoms with E-state index in [0.717, 1.165) is 5.56 Å². The van der Waals surface area contributed by atoms with Crippen LogP contribution in [-0.4, -0.2) is 63.1 Å².